The zero-order valence-electron chi connectivity index (χ0n) is 15.1. The third-order valence-electron chi connectivity index (χ3n) is 3.93. The van der Waals surface area contributed by atoms with Crippen molar-refractivity contribution >= 4 is 29.3 Å². The molecule has 0 spiro atoms. The summed E-state index contributed by atoms with van der Waals surface area (Å²) < 4.78 is 7.06. The first-order chi connectivity index (χ1) is 12.5. The predicted octanol–water partition coefficient (Wildman–Crippen LogP) is 3.15. The molecule has 1 aliphatic rings. The van der Waals surface area contributed by atoms with Crippen LogP contribution in [0.1, 0.15) is 45.4 Å². The summed E-state index contributed by atoms with van der Waals surface area (Å²) >= 11 is 1.33. The van der Waals surface area contributed by atoms with E-state index in [1.807, 2.05) is 28.8 Å². The van der Waals surface area contributed by atoms with Gasteiger partial charge in [-0.2, -0.15) is 0 Å². The fourth-order valence-electron chi connectivity index (χ4n) is 2.60. The molecule has 3 rings (SSSR count). The number of carbonyl (C=O) groups is 2. The molecule has 7 nitrogen and oxygen atoms in total. The average Bonchev–Trinajstić information content (AvgIpc) is 3.35. The first-order valence-corrected chi connectivity index (χ1v) is 9.54. The monoisotopic (exact) mass is 374 g/mol. The van der Waals surface area contributed by atoms with Crippen LogP contribution in [-0.2, 0) is 14.3 Å². The highest BCUT2D eigenvalue weighted by atomic mass is 32.2. The van der Waals surface area contributed by atoms with Gasteiger partial charge in [-0.1, -0.05) is 17.8 Å². The van der Waals surface area contributed by atoms with E-state index in [2.05, 4.69) is 15.5 Å². The van der Waals surface area contributed by atoms with Crippen LogP contribution in [0.15, 0.2) is 29.4 Å². The van der Waals surface area contributed by atoms with Crippen LogP contribution in [0.25, 0.3) is 5.69 Å². The third-order valence-corrected chi connectivity index (χ3v) is 4.95. The molecule has 1 heterocycles. The van der Waals surface area contributed by atoms with Crippen LogP contribution in [0.4, 0.5) is 5.69 Å². The van der Waals surface area contributed by atoms with E-state index >= 15 is 0 Å². The number of amides is 1. The second-order valence-corrected chi connectivity index (χ2v) is 7.50. The Morgan fingerprint density at radius 2 is 2.15 bits per heavy atom. The van der Waals surface area contributed by atoms with Crippen LogP contribution in [0.5, 0.6) is 0 Å². The van der Waals surface area contributed by atoms with Crippen LogP contribution in [0.2, 0.25) is 0 Å². The number of thioether (sulfide) groups is 1. The van der Waals surface area contributed by atoms with Gasteiger partial charge in [0.1, 0.15) is 11.1 Å². The molecule has 0 bridgehead atoms. The van der Waals surface area contributed by atoms with Crippen molar-refractivity contribution < 1.29 is 14.3 Å². The van der Waals surface area contributed by atoms with Gasteiger partial charge in [0.25, 0.3) is 0 Å². The molecule has 2 aromatic rings. The van der Waals surface area contributed by atoms with Crippen LogP contribution in [-0.4, -0.2) is 38.5 Å². The van der Waals surface area contributed by atoms with Gasteiger partial charge in [-0.05, 0) is 44.9 Å². The van der Waals surface area contributed by atoms with Crippen molar-refractivity contribution in [2.45, 2.75) is 49.9 Å². The minimum absolute atomic E-state index is 0.126. The Kier molecular flexibility index (Phi) is 5.61. The van der Waals surface area contributed by atoms with Crippen molar-refractivity contribution in [3.63, 3.8) is 0 Å². The van der Waals surface area contributed by atoms with Gasteiger partial charge in [-0.25, -0.2) is 0 Å². The molecule has 0 radical (unpaired) electrons. The first-order valence-electron chi connectivity index (χ1n) is 8.66. The van der Waals surface area contributed by atoms with E-state index in [4.69, 9.17) is 4.74 Å². The average molecular weight is 374 g/mol. The first kappa shape index (κ1) is 18.4. The lowest BCUT2D eigenvalue weighted by molar-refractivity contribution is -0.142. The molecular weight excluding hydrogens is 352 g/mol. The van der Waals surface area contributed by atoms with Crippen molar-refractivity contribution in [2.75, 3.05) is 11.9 Å². The fourth-order valence-corrected chi connectivity index (χ4v) is 3.47. The number of aromatic nitrogens is 3. The van der Waals surface area contributed by atoms with Crippen molar-refractivity contribution in [3.05, 3.63) is 30.1 Å². The van der Waals surface area contributed by atoms with Crippen molar-refractivity contribution in [3.8, 4) is 5.69 Å². The Labute approximate surface area is 156 Å². The van der Waals surface area contributed by atoms with Gasteiger partial charge in [0, 0.05) is 18.5 Å². The lowest BCUT2D eigenvalue weighted by Crippen LogP contribution is -2.17. The van der Waals surface area contributed by atoms with E-state index in [0.29, 0.717) is 23.4 Å². The summed E-state index contributed by atoms with van der Waals surface area (Å²) in [4.78, 5) is 23.3. The maximum absolute atomic E-state index is 12.0. The number of benzene rings is 1. The van der Waals surface area contributed by atoms with Gasteiger partial charge < -0.3 is 10.1 Å². The zero-order valence-corrected chi connectivity index (χ0v) is 15.9. The number of anilines is 1. The molecule has 1 aromatic carbocycles. The number of ether oxygens (including phenoxy) is 1. The van der Waals surface area contributed by atoms with E-state index in [0.717, 1.165) is 24.4 Å². The number of carbonyl (C=O) groups excluding carboxylic acids is 2. The Morgan fingerprint density at radius 1 is 1.38 bits per heavy atom. The van der Waals surface area contributed by atoms with Crippen LogP contribution in [0, 0.1) is 0 Å². The smallest absolute Gasteiger partial charge is 0.319 e. The molecule has 0 saturated heterocycles. The lowest BCUT2D eigenvalue weighted by atomic mass is 10.2. The number of rotatable bonds is 7. The lowest BCUT2D eigenvalue weighted by Gasteiger charge is -2.14. The third kappa shape index (κ3) is 4.24. The van der Waals surface area contributed by atoms with Crippen molar-refractivity contribution in [1.82, 2.24) is 14.8 Å². The highest BCUT2D eigenvalue weighted by Crippen LogP contribution is 2.41. The Bertz CT molecular complexity index is 817. The summed E-state index contributed by atoms with van der Waals surface area (Å²) in [5.74, 6) is 0.883. The number of hydrogen-bond donors (Lipinski definition) is 1. The number of hydrogen-bond acceptors (Lipinski definition) is 6. The fraction of sp³-hybridized carbons (Fsp3) is 0.444. The Balaban J connectivity index is 1.93. The van der Waals surface area contributed by atoms with E-state index in [9.17, 15) is 9.59 Å². The van der Waals surface area contributed by atoms with Gasteiger partial charge in [0.05, 0.1) is 12.3 Å². The predicted molar refractivity (Wildman–Crippen MR) is 99.6 cm³/mol. The molecule has 1 aliphatic carbocycles. The van der Waals surface area contributed by atoms with Crippen molar-refractivity contribution in [2.24, 2.45) is 0 Å². The minimum atomic E-state index is -0.386. The molecule has 1 fully saturated rings. The molecule has 26 heavy (non-hydrogen) atoms. The molecule has 1 N–H and O–H groups in total. The van der Waals surface area contributed by atoms with Crippen molar-refractivity contribution in [1.29, 1.82) is 0 Å². The molecule has 138 valence electrons. The van der Waals surface area contributed by atoms with Gasteiger partial charge in [0.15, 0.2) is 5.16 Å². The summed E-state index contributed by atoms with van der Waals surface area (Å²) in [6.07, 6.45) is 2.17. The standard InChI is InChI=1S/C18H22N4O3S/c1-4-25-17(24)11(2)26-18-21-20-16(13-8-9-13)22(18)15-7-5-6-14(10-15)19-12(3)23/h5-7,10-11,13H,4,8-9H2,1-3H3,(H,19,23)/t11-/m1/s1. The SMILES string of the molecule is CCOC(=O)[C@@H](C)Sc1nnc(C2CC2)n1-c1cccc(NC(C)=O)c1. The number of nitrogens with zero attached hydrogens (tertiary/aromatic N) is 3. The zero-order chi connectivity index (χ0) is 18.7. The second kappa shape index (κ2) is 7.90. The van der Waals surface area contributed by atoms with E-state index in [1.54, 1.807) is 13.8 Å². The summed E-state index contributed by atoms with van der Waals surface area (Å²) in [5, 5.41) is 11.7. The normalized spacial score (nSPS) is 14.7. The molecule has 0 unspecified atom stereocenters. The molecule has 1 amide bonds. The molecular formula is C18H22N4O3S. The molecule has 1 atom stereocenters. The van der Waals surface area contributed by atoms with Gasteiger partial charge in [-0.15, -0.1) is 10.2 Å². The highest BCUT2D eigenvalue weighted by molar-refractivity contribution is 8.00. The highest BCUT2D eigenvalue weighted by Gasteiger charge is 2.32. The maximum atomic E-state index is 12.0. The maximum Gasteiger partial charge on any atom is 0.319 e. The number of nitrogens with one attached hydrogen (secondary N) is 1. The largest absolute Gasteiger partial charge is 0.465 e. The molecule has 0 aliphatic heterocycles. The van der Waals surface area contributed by atoms with Crippen LogP contribution >= 0.6 is 11.8 Å². The molecule has 8 heteroatoms. The Morgan fingerprint density at radius 3 is 2.81 bits per heavy atom. The van der Waals surface area contributed by atoms with Crippen LogP contribution in [0.3, 0.4) is 0 Å². The van der Waals surface area contributed by atoms with E-state index in [-0.39, 0.29) is 17.1 Å². The summed E-state index contributed by atoms with van der Waals surface area (Å²) in [5.41, 5.74) is 1.57. The van der Waals surface area contributed by atoms with E-state index in [1.165, 1.54) is 18.7 Å². The van der Waals surface area contributed by atoms with Gasteiger partial charge in [0.2, 0.25) is 5.91 Å². The molecule has 1 saturated carbocycles. The van der Waals surface area contributed by atoms with E-state index < -0.39 is 0 Å². The quantitative estimate of drug-likeness (QED) is 0.592. The number of esters is 1. The second-order valence-electron chi connectivity index (χ2n) is 6.19. The van der Waals surface area contributed by atoms with Crippen LogP contribution < -0.4 is 5.32 Å². The summed E-state index contributed by atoms with van der Waals surface area (Å²) in [6.45, 7) is 5.41. The molecule has 1 aromatic heterocycles. The Hall–Kier alpha value is -2.35. The summed E-state index contributed by atoms with van der Waals surface area (Å²) in [7, 11) is 0. The van der Waals surface area contributed by atoms with Gasteiger partial charge in [-0.3, -0.25) is 14.2 Å². The minimum Gasteiger partial charge on any atom is -0.465 e. The topological polar surface area (TPSA) is 86.1 Å². The summed E-state index contributed by atoms with van der Waals surface area (Å²) in [6, 6.07) is 7.54. The van der Waals surface area contributed by atoms with Gasteiger partial charge >= 0.3 is 5.97 Å².